The van der Waals surface area contributed by atoms with E-state index in [1.54, 1.807) is 6.08 Å². The van der Waals surface area contributed by atoms with E-state index in [1.807, 2.05) is 0 Å². The van der Waals surface area contributed by atoms with Gasteiger partial charge in [0.25, 0.3) is 0 Å². The molecule has 0 aliphatic heterocycles. The van der Waals surface area contributed by atoms with Crippen LogP contribution in [0.4, 0.5) is 0 Å². The number of aliphatic hydroxyl groups excluding tert-OH is 1. The van der Waals surface area contributed by atoms with Crippen LogP contribution in [0.1, 0.15) is 65.7 Å². The quantitative estimate of drug-likeness (QED) is 0.310. The molecule has 0 aromatic rings. The number of rotatable bonds is 13. The van der Waals surface area contributed by atoms with Gasteiger partial charge in [-0.2, -0.15) is 0 Å². The zero-order valence-corrected chi connectivity index (χ0v) is 16.9. The van der Waals surface area contributed by atoms with Crippen LogP contribution in [0.2, 0.25) is 13.3 Å². The molecule has 0 unspecified atom stereocenters. The third-order valence-corrected chi connectivity index (χ3v) is 18.5. The van der Waals surface area contributed by atoms with Gasteiger partial charge >= 0.3 is 131 Å². The summed E-state index contributed by atoms with van der Waals surface area (Å²) in [5.74, 6) is 0. The second-order valence-electron chi connectivity index (χ2n) is 6.11. The van der Waals surface area contributed by atoms with Crippen molar-refractivity contribution in [2.75, 3.05) is 0 Å². The van der Waals surface area contributed by atoms with Gasteiger partial charge in [-0.3, -0.25) is 0 Å². The standard InChI is InChI=1S/C6H9O.3C4H9.Sn/c1-3-5-6(7)4-2;3*1-3-4-2;/h1,3-4,6-7H,2,5H2;3*1,3-4H2,2H3;/t6-;;;;/m0..../s1. The molecule has 0 aliphatic rings. The molecule has 0 aromatic heterocycles. The second-order valence-corrected chi connectivity index (χ2v) is 19.1. The second kappa shape index (κ2) is 12.9. The van der Waals surface area contributed by atoms with Crippen molar-refractivity contribution >= 4 is 18.4 Å². The monoisotopic (exact) mass is 388 g/mol. The summed E-state index contributed by atoms with van der Waals surface area (Å²) in [6.45, 7) is 10.6. The van der Waals surface area contributed by atoms with Gasteiger partial charge < -0.3 is 0 Å². The Hall–Kier alpha value is 0.239. The first-order chi connectivity index (χ1) is 9.64. The summed E-state index contributed by atoms with van der Waals surface area (Å²) in [7, 11) is 0. The number of hydrogen-bond acceptors (Lipinski definition) is 1. The number of unbranched alkanes of at least 4 members (excludes halogenated alkanes) is 3. The first-order valence-corrected chi connectivity index (χ1v) is 16.3. The van der Waals surface area contributed by atoms with Crippen molar-refractivity contribution in [3.63, 3.8) is 0 Å². The van der Waals surface area contributed by atoms with Crippen LogP contribution in [0.3, 0.4) is 0 Å². The molecule has 0 saturated heterocycles. The van der Waals surface area contributed by atoms with Gasteiger partial charge in [-0.15, -0.1) is 0 Å². The molecule has 0 heterocycles. The van der Waals surface area contributed by atoms with Crippen molar-refractivity contribution in [2.45, 2.75) is 85.1 Å². The van der Waals surface area contributed by atoms with Crippen LogP contribution >= 0.6 is 0 Å². The van der Waals surface area contributed by atoms with Crippen LogP contribution in [0.5, 0.6) is 0 Å². The van der Waals surface area contributed by atoms with E-state index >= 15 is 0 Å². The van der Waals surface area contributed by atoms with Crippen LogP contribution in [-0.4, -0.2) is 29.6 Å². The van der Waals surface area contributed by atoms with Crippen LogP contribution in [0.25, 0.3) is 0 Å². The van der Waals surface area contributed by atoms with E-state index < -0.39 is 18.4 Å². The van der Waals surface area contributed by atoms with Gasteiger partial charge in [0.1, 0.15) is 0 Å². The SMILES string of the molecule is C=C[C@H](O)C/C=[CH]/[Sn]([CH2]CCC)([CH2]CCC)[CH2]CCC. The van der Waals surface area contributed by atoms with Crippen LogP contribution < -0.4 is 0 Å². The summed E-state index contributed by atoms with van der Waals surface area (Å²) in [6, 6.07) is 0. The van der Waals surface area contributed by atoms with Gasteiger partial charge in [-0.1, -0.05) is 0 Å². The first kappa shape index (κ1) is 20.2. The van der Waals surface area contributed by atoms with E-state index in [0.717, 1.165) is 6.42 Å². The molecule has 118 valence electrons. The Morgan fingerprint density at radius 1 is 0.950 bits per heavy atom. The van der Waals surface area contributed by atoms with Crippen LogP contribution in [-0.2, 0) is 0 Å². The van der Waals surface area contributed by atoms with Gasteiger partial charge in [0.2, 0.25) is 0 Å². The summed E-state index contributed by atoms with van der Waals surface area (Å²) < 4.78 is 7.14. The van der Waals surface area contributed by atoms with E-state index in [9.17, 15) is 5.11 Å². The van der Waals surface area contributed by atoms with Gasteiger partial charge in [0.15, 0.2) is 0 Å². The third-order valence-electron chi connectivity index (χ3n) is 4.21. The van der Waals surface area contributed by atoms with Crippen LogP contribution in [0, 0.1) is 0 Å². The Bertz CT molecular complexity index is 238. The summed E-state index contributed by atoms with van der Waals surface area (Å²) >= 11 is -2.10. The normalized spacial score (nSPS) is 13.8. The molecule has 20 heavy (non-hydrogen) atoms. The van der Waals surface area contributed by atoms with E-state index in [-0.39, 0.29) is 6.10 Å². The van der Waals surface area contributed by atoms with Crippen molar-refractivity contribution in [1.29, 1.82) is 0 Å². The topological polar surface area (TPSA) is 20.2 Å². The average Bonchev–Trinajstić information content (AvgIpc) is 2.48. The van der Waals surface area contributed by atoms with Gasteiger partial charge in [-0.25, -0.2) is 0 Å². The molecule has 0 radical (unpaired) electrons. The van der Waals surface area contributed by atoms with E-state index in [4.69, 9.17) is 0 Å². The molecule has 1 atom stereocenters. The minimum absolute atomic E-state index is 0.362. The first-order valence-electron chi connectivity index (χ1n) is 8.62. The number of aliphatic hydroxyl groups is 1. The molecule has 1 nitrogen and oxygen atoms in total. The predicted octanol–water partition coefficient (Wildman–Crippen LogP) is 5.87. The maximum atomic E-state index is 9.64. The fourth-order valence-corrected chi connectivity index (χ4v) is 17.2. The molecule has 1 N–H and O–H groups in total. The molecular weight excluding hydrogens is 351 g/mol. The number of hydrogen-bond donors (Lipinski definition) is 1. The fourth-order valence-electron chi connectivity index (χ4n) is 2.77. The summed E-state index contributed by atoms with van der Waals surface area (Å²) in [5, 5.41) is 9.64. The predicted molar refractivity (Wildman–Crippen MR) is 94.9 cm³/mol. The molecule has 2 heteroatoms. The molecular formula is C18H36OSn. The Kier molecular flexibility index (Phi) is 13.1. The molecule has 0 aromatic carbocycles. The van der Waals surface area contributed by atoms with Crippen molar-refractivity contribution < 1.29 is 5.11 Å². The zero-order valence-electron chi connectivity index (χ0n) is 14.0. The van der Waals surface area contributed by atoms with Crippen molar-refractivity contribution in [3.8, 4) is 0 Å². The zero-order chi connectivity index (χ0) is 15.3. The molecule has 0 bridgehead atoms. The third kappa shape index (κ3) is 9.23. The molecule has 0 aliphatic carbocycles. The van der Waals surface area contributed by atoms with E-state index in [1.165, 1.54) is 51.8 Å². The average molecular weight is 387 g/mol. The van der Waals surface area contributed by atoms with Gasteiger partial charge in [0, 0.05) is 0 Å². The molecule has 0 fully saturated rings. The Balaban J connectivity index is 4.77. The Morgan fingerprint density at radius 2 is 1.40 bits per heavy atom. The Labute approximate surface area is 131 Å². The van der Waals surface area contributed by atoms with Crippen LogP contribution in [0.15, 0.2) is 22.8 Å². The van der Waals surface area contributed by atoms with Crippen molar-refractivity contribution in [1.82, 2.24) is 0 Å². The van der Waals surface area contributed by atoms with Gasteiger partial charge in [-0.05, 0) is 0 Å². The van der Waals surface area contributed by atoms with Crippen molar-refractivity contribution in [3.05, 3.63) is 22.8 Å². The summed E-state index contributed by atoms with van der Waals surface area (Å²) in [6.07, 6.45) is 12.5. The van der Waals surface area contributed by atoms with Crippen molar-refractivity contribution in [2.24, 2.45) is 0 Å². The summed E-state index contributed by atoms with van der Waals surface area (Å²) in [4.78, 5) is 0. The Morgan fingerprint density at radius 3 is 1.75 bits per heavy atom. The summed E-state index contributed by atoms with van der Waals surface area (Å²) in [5.41, 5.74) is 0. The minimum atomic E-state index is -2.10. The maximum absolute atomic E-state index is 9.64. The molecule has 0 spiro atoms. The molecule has 0 rings (SSSR count). The molecule has 0 amide bonds. The van der Waals surface area contributed by atoms with E-state index in [2.05, 4.69) is 37.5 Å². The fraction of sp³-hybridized carbons (Fsp3) is 0.778. The van der Waals surface area contributed by atoms with E-state index in [0.29, 0.717) is 0 Å². The molecule has 0 saturated carbocycles. The van der Waals surface area contributed by atoms with Gasteiger partial charge in [0.05, 0.1) is 0 Å².